The minimum atomic E-state index is 0.386. The van der Waals surface area contributed by atoms with E-state index in [1.54, 1.807) is 6.20 Å². The highest BCUT2D eigenvalue weighted by molar-refractivity contribution is 5.42. The van der Waals surface area contributed by atoms with E-state index in [1.165, 1.54) is 0 Å². The molecule has 4 heteroatoms. The van der Waals surface area contributed by atoms with Crippen molar-refractivity contribution >= 4 is 5.82 Å². The highest BCUT2D eigenvalue weighted by atomic mass is 15.3. The van der Waals surface area contributed by atoms with Crippen LogP contribution in [0.4, 0.5) is 5.82 Å². The van der Waals surface area contributed by atoms with Gasteiger partial charge in [0.05, 0.1) is 5.69 Å². The fraction of sp³-hybridized carbons (Fsp3) is 0.385. The van der Waals surface area contributed by atoms with Gasteiger partial charge in [0.15, 0.2) is 0 Å². The Bertz CT molecular complexity index is 514. The smallest absolute Gasteiger partial charge is 0.126 e. The van der Waals surface area contributed by atoms with Gasteiger partial charge in [0, 0.05) is 30.4 Å². The standard InChI is InChI=1S/C13H18N4/c1-9(2)17-5-4-12(16-17)7-11-6-10(3)8-15-13(11)14/h4-6,8-9H,7H2,1-3H3,(H2,14,15). The number of nitrogens with two attached hydrogens (primary N) is 1. The van der Waals surface area contributed by atoms with E-state index in [-0.39, 0.29) is 0 Å². The van der Waals surface area contributed by atoms with E-state index < -0.39 is 0 Å². The summed E-state index contributed by atoms with van der Waals surface area (Å²) in [6, 6.07) is 4.48. The largest absolute Gasteiger partial charge is 0.383 e. The number of hydrogen-bond acceptors (Lipinski definition) is 3. The number of nitrogens with zero attached hydrogens (tertiary/aromatic N) is 3. The van der Waals surface area contributed by atoms with Crippen LogP contribution in [-0.2, 0) is 6.42 Å². The van der Waals surface area contributed by atoms with Crippen LogP contribution in [0.2, 0.25) is 0 Å². The van der Waals surface area contributed by atoms with Crippen molar-refractivity contribution < 1.29 is 0 Å². The molecule has 0 unspecified atom stereocenters. The Morgan fingerprint density at radius 3 is 2.82 bits per heavy atom. The molecule has 0 saturated carbocycles. The van der Waals surface area contributed by atoms with Crippen molar-refractivity contribution in [2.45, 2.75) is 33.2 Å². The van der Waals surface area contributed by atoms with E-state index in [9.17, 15) is 0 Å². The number of hydrogen-bond donors (Lipinski definition) is 1. The van der Waals surface area contributed by atoms with Gasteiger partial charge in [-0.05, 0) is 32.4 Å². The highest BCUT2D eigenvalue weighted by Gasteiger charge is 2.06. The molecule has 17 heavy (non-hydrogen) atoms. The molecule has 2 N–H and O–H groups in total. The van der Waals surface area contributed by atoms with Crippen molar-refractivity contribution in [3.05, 3.63) is 41.3 Å². The fourth-order valence-electron chi connectivity index (χ4n) is 1.74. The summed E-state index contributed by atoms with van der Waals surface area (Å²) in [5.41, 5.74) is 9.05. The average Bonchev–Trinajstić information content (AvgIpc) is 2.72. The number of pyridine rings is 1. The van der Waals surface area contributed by atoms with Gasteiger partial charge in [-0.3, -0.25) is 4.68 Å². The molecule has 2 heterocycles. The summed E-state index contributed by atoms with van der Waals surface area (Å²) in [5.74, 6) is 0.592. The van der Waals surface area contributed by atoms with Crippen molar-refractivity contribution in [2.75, 3.05) is 5.73 Å². The summed E-state index contributed by atoms with van der Waals surface area (Å²) in [4.78, 5) is 4.16. The molecule has 0 atom stereocenters. The van der Waals surface area contributed by atoms with E-state index in [0.29, 0.717) is 11.9 Å². The zero-order chi connectivity index (χ0) is 12.4. The van der Waals surface area contributed by atoms with E-state index in [1.807, 2.05) is 23.9 Å². The number of rotatable bonds is 3. The van der Waals surface area contributed by atoms with Crippen LogP contribution in [0.15, 0.2) is 24.5 Å². The molecule has 0 fully saturated rings. The lowest BCUT2D eigenvalue weighted by Crippen LogP contribution is -2.03. The van der Waals surface area contributed by atoms with Gasteiger partial charge in [-0.2, -0.15) is 5.10 Å². The van der Waals surface area contributed by atoms with Gasteiger partial charge in [-0.1, -0.05) is 6.07 Å². The van der Waals surface area contributed by atoms with Gasteiger partial charge in [-0.15, -0.1) is 0 Å². The molecule has 2 rings (SSSR count). The molecule has 0 saturated heterocycles. The van der Waals surface area contributed by atoms with E-state index in [0.717, 1.165) is 23.2 Å². The molecule has 0 aliphatic rings. The third-order valence-electron chi connectivity index (χ3n) is 2.70. The number of aromatic nitrogens is 3. The second-order valence-corrected chi connectivity index (χ2v) is 4.61. The monoisotopic (exact) mass is 230 g/mol. The van der Waals surface area contributed by atoms with Crippen LogP contribution in [-0.4, -0.2) is 14.8 Å². The second-order valence-electron chi connectivity index (χ2n) is 4.61. The Balaban J connectivity index is 2.22. The van der Waals surface area contributed by atoms with Gasteiger partial charge in [-0.25, -0.2) is 4.98 Å². The highest BCUT2D eigenvalue weighted by Crippen LogP contribution is 2.15. The summed E-state index contributed by atoms with van der Waals surface area (Å²) in [7, 11) is 0. The van der Waals surface area contributed by atoms with Crippen LogP contribution in [0, 0.1) is 6.92 Å². The predicted octanol–water partition coefficient (Wildman–Crippen LogP) is 2.34. The summed E-state index contributed by atoms with van der Waals surface area (Å²) >= 11 is 0. The lowest BCUT2D eigenvalue weighted by Gasteiger charge is -2.05. The van der Waals surface area contributed by atoms with Crippen LogP contribution in [0.3, 0.4) is 0 Å². The second kappa shape index (κ2) is 4.57. The van der Waals surface area contributed by atoms with Crippen molar-refractivity contribution in [3.63, 3.8) is 0 Å². The molecule has 4 nitrogen and oxygen atoms in total. The Morgan fingerprint density at radius 1 is 1.41 bits per heavy atom. The SMILES string of the molecule is Cc1cnc(N)c(Cc2ccn(C(C)C)n2)c1. The molecule has 0 aliphatic carbocycles. The third-order valence-corrected chi connectivity index (χ3v) is 2.70. The Morgan fingerprint density at radius 2 is 2.18 bits per heavy atom. The average molecular weight is 230 g/mol. The molecule has 0 spiro atoms. The van der Waals surface area contributed by atoms with Gasteiger partial charge >= 0.3 is 0 Å². The molecule has 0 aromatic carbocycles. The van der Waals surface area contributed by atoms with Crippen LogP contribution >= 0.6 is 0 Å². The topological polar surface area (TPSA) is 56.7 Å². The Labute approximate surface area is 101 Å². The van der Waals surface area contributed by atoms with E-state index in [4.69, 9.17) is 5.73 Å². The first-order valence-corrected chi connectivity index (χ1v) is 5.81. The minimum Gasteiger partial charge on any atom is -0.383 e. The number of aryl methyl sites for hydroxylation is 1. The van der Waals surface area contributed by atoms with Crippen LogP contribution in [0.5, 0.6) is 0 Å². The molecular weight excluding hydrogens is 212 g/mol. The Hall–Kier alpha value is -1.84. The molecule has 0 radical (unpaired) electrons. The van der Waals surface area contributed by atoms with Gasteiger partial charge in [0.1, 0.15) is 5.82 Å². The maximum Gasteiger partial charge on any atom is 0.126 e. The van der Waals surface area contributed by atoms with E-state index >= 15 is 0 Å². The third kappa shape index (κ3) is 2.64. The van der Waals surface area contributed by atoms with Crippen molar-refractivity contribution in [2.24, 2.45) is 0 Å². The molecule has 2 aromatic heterocycles. The zero-order valence-corrected chi connectivity index (χ0v) is 10.5. The van der Waals surface area contributed by atoms with Crippen LogP contribution in [0.25, 0.3) is 0 Å². The molecule has 0 bridgehead atoms. The predicted molar refractivity (Wildman–Crippen MR) is 68.8 cm³/mol. The fourth-order valence-corrected chi connectivity index (χ4v) is 1.74. The normalized spacial score (nSPS) is 11.1. The van der Waals surface area contributed by atoms with Crippen LogP contribution in [0.1, 0.15) is 36.7 Å². The quantitative estimate of drug-likeness (QED) is 0.880. The Kier molecular flexibility index (Phi) is 3.13. The zero-order valence-electron chi connectivity index (χ0n) is 10.5. The lowest BCUT2D eigenvalue weighted by atomic mass is 10.1. The van der Waals surface area contributed by atoms with Crippen LogP contribution < -0.4 is 5.73 Å². The molecular formula is C13H18N4. The number of anilines is 1. The number of nitrogen functional groups attached to an aromatic ring is 1. The summed E-state index contributed by atoms with van der Waals surface area (Å²) in [5, 5.41) is 4.51. The molecule has 0 amide bonds. The lowest BCUT2D eigenvalue weighted by molar-refractivity contribution is 0.527. The molecule has 0 aliphatic heterocycles. The van der Waals surface area contributed by atoms with Crippen molar-refractivity contribution in [1.29, 1.82) is 0 Å². The first-order chi connectivity index (χ1) is 8.06. The maximum absolute atomic E-state index is 5.86. The van der Waals surface area contributed by atoms with Gasteiger partial charge < -0.3 is 5.73 Å². The molecule has 2 aromatic rings. The van der Waals surface area contributed by atoms with Gasteiger partial charge in [0.25, 0.3) is 0 Å². The summed E-state index contributed by atoms with van der Waals surface area (Å²) in [6.45, 7) is 6.24. The first kappa shape index (κ1) is 11.6. The maximum atomic E-state index is 5.86. The first-order valence-electron chi connectivity index (χ1n) is 5.81. The van der Waals surface area contributed by atoms with Gasteiger partial charge in [0.2, 0.25) is 0 Å². The summed E-state index contributed by atoms with van der Waals surface area (Å²) in [6.07, 6.45) is 4.52. The molecule has 90 valence electrons. The summed E-state index contributed by atoms with van der Waals surface area (Å²) < 4.78 is 1.95. The van der Waals surface area contributed by atoms with Crippen molar-refractivity contribution in [3.8, 4) is 0 Å². The van der Waals surface area contributed by atoms with E-state index in [2.05, 4.69) is 30.0 Å². The van der Waals surface area contributed by atoms with Crippen molar-refractivity contribution in [1.82, 2.24) is 14.8 Å². The minimum absolute atomic E-state index is 0.386.